The summed E-state index contributed by atoms with van der Waals surface area (Å²) in [6, 6.07) is -1.31. The fourth-order valence-corrected chi connectivity index (χ4v) is 9.25. The fraction of sp³-hybridized carbons (Fsp3) is 0.881. The monoisotopic (exact) mass is 908 g/mol. The van der Waals surface area contributed by atoms with Gasteiger partial charge in [-0.2, -0.15) is 0 Å². The van der Waals surface area contributed by atoms with Crippen LogP contribution >= 0.6 is 0 Å². The second kappa shape index (κ2) is 26.6. The van der Waals surface area contributed by atoms with Crippen molar-refractivity contribution in [1.82, 2.24) is 20.3 Å². The molecule has 20 nitrogen and oxygen atoms in total. The van der Waals surface area contributed by atoms with Crippen molar-refractivity contribution in [3.8, 4) is 0 Å². The number of aromatic nitrogens is 3. The van der Waals surface area contributed by atoms with Gasteiger partial charge in [-0.25, -0.2) is 4.68 Å². The maximum absolute atomic E-state index is 13.9. The number of nitrogens with one attached hydrogen (secondary N) is 1. The van der Waals surface area contributed by atoms with Crippen molar-refractivity contribution in [2.45, 2.75) is 190 Å². The van der Waals surface area contributed by atoms with Gasteiger partial charge in [0.05, 0.1) is 55.8 Å². The molecule has 0 bridgehead atoms. The van der Waals surface area contributed by atoms with Gasteiger partial charge in [0.25, 0.3) is 0 Å². The van der Waals surface area contributed by atoms with Gasteiger partial charge in [0.2, 0.25) is 5.91 Å². The normalized spacial score (nSPS) is 34.5. The molecular weight excluding hydrogens is 839 g/mol. The summed E-state index contributed by atoms with van der Waals surface area (Å²) in [5, 5.41) is 86.1. The molecule has 1 aromatic rings. The molecule has 2 aliphatic carbocycles. The summed E-state index contributed by atoms with van der Waals surface area (Å²) in [6.07, 6.45) is -6.94. The van der Waals surface area contributed by atoms with Crippen molar-refractivity contribution in [3.05, 3.63) is 11.9 Å². The molecule has 63 heavy (non-hydrogen) atoms. The number of ether oxygens (including phenoxy) is 6. The number of ketones is 1. The number of amides is 1. The molecular formula is C42H69N4NaO16. The molecule has 4 fully saturated rings. The molecule has 4 aliphatic rings. The molecule has 3 heterocycles. The van der Waals surface area contributed by atoms with E-state index in [-0.39, 0.29) is 73.0 Å². The average Bonchev–Trinajstić information content (AvgIpc) is 3.71. The molecule has 21 heteroatoms. The van der Waals surface area contributed by atoms with E-state index in [1.807, 2.05) is 6.92 Å². The Morgan fingerprint density at radius 1 is 0.952 bits per heavy atom. The summed E-state index contributed by atoms with van der Waals surface area (Å²) in [5.74, 6) is -3.00. The van der Waals surface area contributed by atoms with Gasteiger partial charge in [-0.15, -0.1) is 5.10 Å². The first-order valence-electron chi connectivity index (χ1n) is 22.4. The summed E-state index contributed by atoms with van der Waals surface area (Å²) >= 11 is 0. The molecule has 5 rings (SSSR count). The van der Waals surface area contributed by atoms with E-state index in [0.717, 1.165) is 37.8 Å². The second-order valence-electron chi connectivity index (χ2n) is 17.4. The van der Waals surface area contributed by atoms with Crippen LogP contribution in [-0.2, 0) is 55.8 Å². The van der Waals surface area contributed by atoms with Crippen molar-refractivity contribution < 1.29 is 108 Å². The standard InChI is InChI=1S/C42H70N4O16.Na/c1-4-26-19-27(29(50)13-9-16-57-17-14-46-21-28(44-45-46)12-8-15-47)20-30(38(26)62-42-37(54)36(53)34(51)23(2)58-42)60-41-33(43-24(3)49)39(35(52)32(22-48)61-41)59-31(40(55)56)18-25-10-6-5-7-11-25;/h21,23,25-27,30-39,41-42,47-48,51-54H,4-20,22H2,1-3H3,(H,43,49)(H,55,56);/q;+1/p-1/t23?,26?,27?,30-,31+,32+,33?,34-,35+,36+,37?,38-,39?,41-,42+;/m1./s1. The molecule has 0 radical (unpaired) electrons. The van der Waals surface area contributed by atoms with Gasteiger partial charge in [0.1, 0.15) is 48.4 Å². The Morgan fingerprint density at radius 3 is 2.37 bits per heavy atom. The number of hydrogen-bond acceptors (Lipinski definition) is 18. The fourth-order valence-electron chi connectivity index (χ4n) is 9.25. The van der Waals surface area contributed by atoms with E-state index in [9.17, 15) is 45.0 Å². The van der Waals surface area contributed by atoms with Crippen molar-refractivity contribution in [1.29, 1.82) is 0 Å². The number of carboxylic acids is 1. The zero-order valence-electron chi connectivity index (χ0n) is 37.2. The third-order valence-electron chi connectivity index (χ3n) is 12.8. The van der Waals surface area contributed by atoms with Crippen LogP contribution in [0.15, 0.2) is 6.20 Å². The van der Waals surface area contributed by atoms with Crippen LogP contribution in [-0.4, -0.2) is 169 Å². The minimum Gasteiger partial charge on any atom is -0.547 e. The van der Waals surface area contributed by atoms with Crippen molar-refractivity contribution in [3.63, 3.8) is 0 Å². The summed E-state index contributed by atoms with van der Waals surface area (Å²) < 4.78 is 38.6. The molecule has 2 saturated heterocycles. The summed E-state index contributed by atoms with van der Waals surface area (Å²) in [4.78, 5) is 39.1. The molecule has 2 saturated carbocycles. The number of aryl methyl sites for hydroxylation is 1. The third kappa shape index (κ3) is 15.1. The van der Waals surface area contributed by atoms with Crippen molar-refractivity contribution in [2.75, 3.05) is 26.4 Å². The summed E-state index contributed by atoms with van der Waals surface area (Å²) in [6.45, 7) is 5.12. The Kier molecular flexibility index (Phi) is 22.7. The van der Waals surface area contributed by atoms with Crippen LogP contribution in [0.2, 0.25) is 0 Å². The number of hydrogen-bond donors (Lipinski definition) is 7. The average molecular weight is 909 g/mol. The first kappa shape index (κ1) is 53.9. The number of aliphatic hydroxyl groups excluding tert-OH is 6. The number of carbonyl (C=O) groups is 3. The van der Waals surface area contributed by atoms with E-state index in [2.05, 4.69) is 15.6 Å². The maximum atomic E-state index is 13.9. The quantitative estimate of drug-likeness (QED) is 0.0404. The molecule has 354 valence electrons. The van der Waals surface area contributed by atoms with E-state index in [0.29, 0.717) is 51.9 Å². The zero-order chi connectivity index (χ0) is 44.9. The van der Waals surface area contributed by atoms with Crippen LogP contribution in [0, 0.1) is 17.8 Å². The zero-order valence-corrected chi connectivity index (χ0v) is 39.2. The molecule has 7 N–H and O–H groups in total. The Balaban J connectivity index is 0.00000871. The number of nitrogens with zero attached hydrogens (tertiary/aromatic N) is 3. The smallest absolute Gasteiger partial charge is 0.547 e. The van der Waals surface area contributed by atoms with Crippen LogP contribution in [0.3, 0.4) is 0 Å². The Hall–Kier alpha value is -1.73. The first-order valence-corrected chi connectivity index (χ1v) is 22.4. The first-order chi connectivity index (χ1) is 29.7. The van der Waals surface area contributed by atoms with Gasteiger partial charge in [0.15, 0.2) is 12.6 Å². The van der Waals surface area contributed by atoms with Gasteiger partial charge in [0, 0.05) is 38.7 Å². The van der Waals surface area contributed by atoms with Crippen LogP contribution in [0.5, 0.6) is 0 Å². The van der Waals surface area contributed by atoms with E-state index in [1.54, 1.807) is 10.9 Å². The molecule has 2 aliphatic heterocycles. The maximum Gasteiger partial charge on any atom is 1.00 e. The number of Topliss-reactive ketones (excluding diaryl/α,β-unsaturated/α-hetero) is 1. The van der Waals surface area contributed by atoms with Crippen LogP contribution in [0.4, 0.5) is 0 Å². The summed E-state index contributed by atoms with van der Waals surface area (Å²) in [5.41, 5.74) is 0.778. The van der Waals surface area contributed by atoms with Gasteiger partial charge in [-0.3, -0.25) is 9.59 Å². The Labute approximate surface area is 390 Å². The topological polar surface area (TPSA) is 294 Å². The Morgan fingerprint density at radius 2 is 1.70 bits per heavy atom. The largest absolute Gasteiger partial charge is 1.00 e. The number of carboxylic acid groups (broad SMARTS) is 1. The molecule has 1 aromatic heterocycles. The number of aliphatic carboxylic acids is 1. The molecule has 15 atom stereocenters. The number of aliphatic hydroxyl groups is 6. The predicted molar refractivity (Wildman–Crippen MR) is 213 cm³/mol. The van der Waals surface area contributed by atoms with E-state index in [1.165, 1.54) is 13.8 Å². The van der Waals surface area contributed by atoms with Gasteiger partial charge in [-0.05, 0) is 57.3 Å². The van der Waals surface area contributed by atoms with Crippen LogP contribution in [0.25, 0.3) is 0 Å². The minimum absolute atomic E-state index is 0. The van der Waals surface area contributed by atoms with Crippen molar-refractivity contribution in [2.24, 2.45) is 17.8 Å². The molecule has 0 aromatic carbocycles. The van der Waals surface area contributed by atoms with Crippen LogP contribution in [0.1, 0.15) is 104 Å². The van der Waals surface area contributed by atoms with Gasteiger partial charge in [-0.1, -0.05) is 50.7 Å². The van der Waals surface area contributed by atoms with Crippen molar-refractivity contribution >= 4 is 17.7 Å². The summed E-state index contributed by atoms with van der Waals surface area (Å²) in [7, 11) is 0. The minimum atomic E-state index is -1.65. The SMILES string of the molecule is CCC1CC(C(=O)CCCOCCn2cc(CCCO)nn2)C[C@@H](O[C@@H]2O[C@@H](CO)[C@H](O)C(O[C@@H](CC3CCCCC3)C(=O)[O-])C2NC(C)=O)[C@@H]1O[C@@H]1OC(C)[C@@H](O)[C@H](O)C1O.[Na+]. The van der Waals surface area contributed by atoms with Gasteiger partial charge >= 0.3 is 29.6 Å². The van der Waals surface area contributed by atoms with Gasteiger partial charge < -0.3 is 74.3 Å². The number of rotatable bonds is 23. The van der Waals surface area contributed by atoms with E-state index < -0.39 is 104 Å². The third-order valence-corrected chi connectivity index (χ3v) is 12.8. The van der Waals surface area contributed by atoms with E-state index in [4.69, 9.17) is 33.5 Å². The predicted octanol–water partition coefficient (Wildman–Crippen LogP) is -4.34. The second-order valence-corrected chi connectivity index (χ2v) is 17.4. The van der Waals surface area contributed by atoms with Crippen LogP contribution < -0.4 is 40.0 Å². The molecule has 1 amide bonds. The Bertz CT molecular complexity index is 1540. The molecule has 6 unspecified atom stereocenters. The number of carbonyl (C=O) groups excluding carboxylic acids is 3. The molecule has 0 spiro atoms. The van der Waals surface area contributed by atoms with E-state index >= 15 is 0 Å².